The van der Waals surface area contributed by atoms with E-state index in [9.17, 15) is 9.59 Å². The number of anilines is 1. The Morgan fingerprint density at radius 1 is 1.00 bits per heavy atom. The van der Waals surface area contributed by atoms with Crippen LogP contribution in [0, 0.1) is 13.8 Å². The van der Waals surface area contributed by atoms with Crippen molar-refractivity contribution in [2.45, 2.75) is 24.3 Å². The summed E-state index contributed by atoms with van der Waals surface area (Å²) >= 11 is 1.27. The second kappa shape index (κ2) is 8.78. The van der Waals surface area contributed by atoms with Gasteiger partial charge < -0.3 is 5.32 Å². The molecule has 0 aliphatic rings. The van der Waals surface area contributed by atoms with E-state index in [1.165, 1.54) is 16.3 Å². The Balaban J connectivity index is 1.74. The molecule has 1 atom stereocenters. The predicted octanol–water partition coefficient (Wildman–Crippen LogP) is 5.02. The number of hydrogen-bond donors (Lipinski definition) is 1. The highest BCUT2D eigenvalue weighted by Gasteiger charge is 2.25. The van der Waals surface area contributed by atoms with E-state index in [0.29, 0.717) is 16.1 Å². The number of carbonyl (C=O) groups is 1. The van der Waals surface area contributed by atoms with E-state index in [2.05, 4.69) is 10.3 Å². The number of carbonyl (C=O) groups excluding carboxylic acids is 1. The minimum atomic E-state index is -0.569. The van der Waals surface area contributed by atoms with Crippen molar-refractivity contribution in [1.29, 1.82) is 0 Å². The van der Waals surface area contributed by atoms with Gasteiger partial charge in [0.05, 0.1) is 10.9 Å². The summed E-state index contributed by atoms with van der Waals surface area (Å²) < 4.78 is 1.51. The summed E-state index contributed by atoms with van der Waals surface area (Å²) in [6.45, 7) is 3.96. The maximum Gasteiger partial charge on any atom is 0.261 e. The molecule has 0 aliphatic heterocycles. The minimum Gasteiger partial charge on any atom is -0.325 e. The summed E-state index contributed by atoms with van der Waals surface area (Å²) in [4.78, 5) is 30.9. The van der Waals surface area contributed by atoms with E-state index in [1.54, 1.807) is 13.1 Å². The third kappa shape index (κ3) is 4.39. The number of rotatable bonds is 5. The summed E-state index contributed by atoms with van der Waals surface area (Å²) in [5.41, 5.74) is 4.18. The van der Waals surface area contributed by atoms with E-state index in [-0.39, 0.29) is 11.5 Å². The standard InChI is InChI=1S/C25H23N3O2S/c1-16-13-14-17(2)21(15-16)26-23(29)22(18-9-5-4-6-10-18)31-25-27-20-12-8-7-11-19(20)24(30)28(25)3/h4-15,22H,1-3H3,(H,26,29). The van der Waals surface area contributed by atoms with Crippen molar-refractivity contribution < 1.29 is 4.79 Å². The first-order valence-electron chi connectivity index (χ1n) is 9.99. The Morgan fingerprint density at radius 2 is 1.71 bits per heavy atom. The fourth-order valence-corrected chi connectivity index (χ4v) is 4.44. The summed E-state index contributed by atoms with van der Waals surface area (Å²) in [6.07, 6.45) is 0. The van der Waals surface area contributed by atoms with Crippen LogP contribution in [0.15, 0.2) is 82.7 Å². The van der Waals surface area contributed by atoms with Crippen LogP contribution >= 0.6 is 11.8 Å². The molecule has 156 valence electrons. The number of nitrogens with one attached hydrogen (secondary N) is 1. The average molecular weight is 430 g/mol. The zero-order valence-electron chi connectivity index (χ0n) is 17.6. The highest BCUT2D eigenvalue weighted by Crippen LogP contribution is 2.35. The lowest BCUT2D eigenvalue weighted by Gasteiger charge is -2.19. The van der Waals surface area contributed by atoms with Gasteiger partial charge in [-0.2, -0.15) is 0 Å². The van der Waals surface area contributed by atoms with E-state index in [1.807, 2.05) is 80.6 Å². The maximum absolute atomic E-state index is 13.4. The van der Waals surface area contributed by atoms with Gasteiger partial charge in [-0.05, 0) is 48.7 Å². The Labute approximate surface area is 185 Å². The number of nitrogens with zero attached hydrogens (tertiary/aromatic N) is 2. The molecular weight excluding hydrogens is 406 g/mol. The quantitative estimate of drug-likeness (QED) is 0.357. The van der Waals surface area contributed by atoms with Crippen molar-refractivity contribution in [2.75, 3.05) is 5.32 Å². The smallest absolute Gasteiger partial charge is 0.261 e. The molecule has 31 heavy (non-hydrogen) atoms. The molecule has 1 amide bonds. The normalized spacial score (nSPS) is 12.0. The monoisotopic (exact) mass is 429 g/mol. The molecule has 0 saturated heterocycles. The average Bonchev–Trinajstić information content (AvgIpc) is 2.78. The Bertz CT molecular complexity index is 1320. The van der Waals surface area contributed by atoms with E-state index in [4.69, 9.17) is 0 Å². The molecule has 1 heterocycles. The number of hydrogen-bond acceptors (Lipinski definition) is 4. The third-order valence-corrected chi connectivity index (χ3v) is 6.45. The number of benzene rings is 3. The molecule has 0 spiro atoms. The van der Waals surface area contributed by atoms with Gasteiger partial charge in [0.15, 0.2) is 5.16 Å². The van der Waals surface area contributed by atoms with Crippen LogP contribution < -0.4 is 10.9 Å². The molecule has 0 fully saturated rings. The van der Waals surface area contributed by atoms with Crippen molar-refractivity contribution in [2.24, 2.45) is 7.05 Å². The van der Waals surface area contributed by atoms with Crippen molar-refractivity contribution in [1.82, 2.24) is 9.55 Å². The van der Waals surface area contributed by atoms with Gasteiger partial charge in [-0.3, -0.25) is 14.2 Å². The summed E-state index contributed by atoms with van der Waals surface area (Å²) in [5.74, 6) is -0.160. The van der Waals surface area contributed by atoms with Crippen LogP contribution in [0.4, 0.5) is 5.69 Å². The summed E-state index contributed by atoms with van der Waals surface area (Å²) in [6, 6.07) is 22.8. The first-order chi connectivity index (χ1) is 14.9. The van der Waals surface area contributed by atoms with Gasteiger partial charge in [0.25, 0.3) is 5.56 Å². The van der Waals surface area contributed by atoms with Gasteiger partial charge >= 0.3 is 0 Å². The molecule has 0 radical (unpaired) electrons. The molecule has 1 unspecified atom stereocenters. The molecule has 6 heteroatoms. The van der Waals surface area contributed by atoms with Crippen LogP contribution in [0.3, 0.4) is 0 Å². The number of thioether (sulfide) groups is 1. The molecule has 0 saturated carbocycles. The molecule has 1 N–H and O–H groups in total. The zero-order valence-corrected chi connectivity index (χ0v) is 18.4. The van der Waals surface area contributed by atoms with Gasteiger partial charge in [-0.15, -0.1) is 0 Å². The van der Waals surface area contributed by atoms with Gasteiger partial charge in [-0.25, -0.2) is 4.98 Å². The number of para-hydroxylation sites is 1. The number of fused-ring (bicyclic) bond motifs is 1. The largest absolute Gasteiger partial charge is 0.325 e. The Hall–Kier alpha value is -3.38. The molecule has 0 bridgehead atoms. The molecule has 0 aliphatic carbocycles. The van der Waals surface area contributed by atoms with Crippen LogP contribution in [0.5, 0.6) is 0 Å². The highest BCUT2D eigenvalue weighted by atomic mass is 32.2. The van der Waals surface area contributed by atoms with Gasteiger partial charge in [0, 0.05) is 12.7 Å². The van der Waals surface area contributed by atoms with Crippen molar-refractivity contribution in [3.63, 3.8) is 0 Å². The SMILES string of the molecule is Cc1ccc(C)c(NC(=O)C(Sc2nc3ccccc3c(=O)n2C)c2ccccc2)c1. The van der Waals surface area contributed by atoms with E-state index < -0.39 is 5.25 Å². The lowest BCUT2D eigenvalue weighted by atomic mass is 10.1. The lowest BCUT2D eigenvalue weighted by molar-refractivity contribution is -0.115. The molecular formula is C25H23N3O2S. The van der Waals surface area contributed by atoms with Crippen molar-refractivity contribution in [3.05, 3.63) is 99.8 Å². The van der Waals surface area contributed by atoms with E-state index >= 15 is 0 Å². The van der Waals surface area contributed by atoms with E-state index in [0.717, 1.165) is 22.4 Å². The molecule has 4 rings (SSSR count). The van der Waals surface area contributed by atoms with Gasteiger partial charge in [0.2, 0.25) is 5.91 Å². The minimum absolute atomic E-state index is 0.130. The molecule has 5 nitrogen and oxygen atoms in total. The Morgan fingerprint density at radius 3 is 2.48 bits per heavy atom. The molecule has 4 aromatic rings. The van der Waals surface area contributed by atoms with Gasteiger partial charge in [-0.1, -0.05) is 66.4 Å². The molecule has 3 aromatic carbocycles. The van der Waals surface area contributed by atoms with Crippen molar-refractivity contribution >= 4 is 34.3 Å². The zero-order chi connectivity index (χ0) is 22.0. The Kier molecular flexibility index (Phi) is 5.91. The fourth-order valence-electron chi connectivity index (χ4n) is 3.38. The summed E-state index contributed by atoms with van der Waals surface area (Å²) in [7, 11) is 1.69. The van der Waals surface area contributed by atoms with Crippen LogP contribution in [-0.2, 0) is 11.8 Å². The van der Waals surface area contributed by atoms with Gasteiger partial charge in [0.1, 0.15) is 5.25 Å². The van der Waals surface area contributed by atoms with Crippen molar-refractivity contribution in [3.8, 4) is 0 Å². The van der Waals surface area contributed by atoms with Crippen LogP contribution in [0.1, 0.15) is 21.9 Å². The number of aromatic nitrogens is 2. The summed E-state index contributed by atoms with van der Waals surface area (Å²) in [5, 5.41) is 3.55. The topological polar surface area (TPSA) is 64.0 Å². The first kappa shape index (κ1) is 20.9. The maximum atomic E-state index is 13.4. The lowest BCUT2D eigenvalue weighted by Crippen LogP contribution is -2.23. The fraction of sp³-hybridized carbons (Fsp3) is 0.160. The number of aryl methyl sites for hydroxylation is 2. The highest BCUT2D eigenvalue weighted by molar-refractivity contribution is 8.00. The van der Waals surface area contributed by atoms with Crippen LogP contribution in [0.25, 0.3) is 10.9 Å². The van der Waals surface area contributed by atoms with Crippen LogP contribution in [0.2, 0.25) is 0 Å². The third-order valence-electron chi connectivity index (χ3n) is 5.16. The second-order valence-corrected chi connectivity index (χ2v) is 8.56. The first-order valence-corrected chi connectivity index (χ1v) is 10.9. The predicted molar refractivity (Wildman–Crippen MR) is 127 cm³/mol. The number of amides is 1. The molecule has 1 aromatic heterocycles. The second-order valence-electron chi connectivity index (χ2n) is 7.49. The van der Waals surface area contributed by atoms with Crippen LogP contribution in [-0.4, -0.2) is 15.5 Å².